The van der Waals surface area contributed by atoms with Gasteiger partial charge in [-0.25, -0.2) is 0 Å². The topological polar surface area (TPSA) is 99.3 Å². The van der Waals surface area contributed by atoms with E-state index in [0.717, 1.165) is 11.1 Å². The fraction of sp³-hybridized carbons (Fsp3) is 0.160. The molecule has 0 saturated heterocycles. The minimum absolute atomic E-state index is 0.110. The van der Waals surface area contributed by atoms with Gasteiger partial charge in [0.25, 0.3) is 5.91 Å². The third-order valence-corrected chi connectivity index (χ3v) is 4.83. The molecule has 1 atom stereocenters. The molecule has 164 valence electrons. The van der Waals surface area contributed by atoms with Crippen LogP contribution in [0.4, 0.5) is 5.69 Å². The fourth-order valence-electron chi connectivity index (χ4n) is 3.10. The molecule has 0 aliphatic carbocycles. The summed E-state index contributed by atoms with van der Waals surface area (Å²) in [7, 11) is 1.51. The zero-order chi connectivity index (χ0) is 22.8. The van der Waals surface area contributed by atoms with Crippen molar-refractivity contribution in [3.63, 3.8) is 0 Å². The molecule has 0 aliphatic rings. The number of hydrogen-bond acceptors (Lipinski definition) is 4. The Morgan fingerprint density at radius 2 is 1.50 bits per heavy atom. The quantitative estimate of drug-likeness (QED) is 0.419. The monoisotopic (exact) mass is 430 g/mol. The molecule has 0 fully saturated rings. The van der Waals surface area contributed by atoms with E-state index in [4.69, 9.17) is 0 Å². The molecule has 3 amide bonds. The number of benzene rings is 3. The maximum atomic E-state index is 13.1. The smallest absolute Gasteiger partial charge is 0.251 e. The largest absolute Gasteiger partial charge is 0.370 e. The van der Waals surface area contributed by atoms with E-state index in [1.807, 2.05) is 60.7 Å². The summed E-state index contributed by atoms with van der Waals surface area (Å²) in [5.41, 5.74) is 2.80. The van der Waals surface area contributed by atoms with E-state index >= 15 is 0 Å². The molecule has 3 aromatic carbocycles. The normalized spacial score (nSPS) is 11.2. The Hall–Kier alpha value is -4.13. The van der Waals surface area contributed by atoms with E-state index in [1.165, 1.54) is 7.05 Å². The zero-order valence-electron chi connectivity index (χ0n) is 17.8. The molecular formula is C25H26N4O3. The van der Waals surface area contributed by atoms with Gasteiger partial charge in [0.2, 0.25) is 11.8 Å². The molecule has 3 rings (SSSR count). The van der Waals surface area contributed by atoms with Gasteiger partial charge in [-0.05, 0) is 29.3 Å². The Morgan fingerprint density at radius 1 is 0.812 bits per heavy atom. The molecule has 0 saturated carbocycles. The molecule has 7 heteroatoms. The number of likely N-dealkylation sites (N-methyl/N-ethyl adjacent to an activating group) is 1. The van der Waals surface area contributed by atoms with Crippen molar-refractivity contribution in [2.24, 2.45) is 0 Å². The van der Waals surface area contributed by atoms with E-state index in [-0.39, 0.29) is 24.3 Å². The van der Waals surface area contributed by atoms with Crippen LogP contribution in [0.5, 0.6) is 0 Å². The molecule has 32 heavy (non-hydrogen) atoms. The van der Waals surface area contributed by atoms with Crippen LogP contribution in [0, 0.1) is 0 Å². The Labute approximate surface area is 187 Å². The average Bonchev–Trinajstić information content (AvgIpc) is 2.85. The van der Waals surface area contributed by atoms with Crippen molar-refractivity contribution >= 4 is 23.4 Å². The van der Waals surface area contributed by atoms with E-state index in [2.05, 4.69) is 21.3 Å². The SMILES string of the molecule is CNC(=O)CNC(=O)c1cccc(NC(C(=O)NCc2ccccc2)c2ccccc2)c1. The number of amides is 3. The Balaban J connectivity index is 1.74. The Kier molecular flexibility index (Phi) is 7.97. The molecule has 0 heterocycles. The molecule has 0 spiro atoms. The summed E-state index contributed by atoms with van der Waals surface area (Å²) in [6.45, 7) is 0.300. The third-order valence-electron chi connectivity index (χ3n) is 4.83. The van der Waals surface area contributed by atoms with Gasteiger partial charge in [0.05, 0.1) is 6.54 Å². The lowest BCUT2D eigenvalue weighted by Gasteiger charge is -2.20. The highest BCUT2D eigenvalue weighted by atomic mass is 16.2. The number of rotatable bonds is 9. The molecule has 3 aromatic rings. The second kappa shape index (κ2) is 11.3. The van der Waals surface area contributed by atoms with E-state index in [1.54, 1.807) is 24.3 Å². The first kappa shape index (κ1) is 22.6. The summed E-state index contributed by atoms with van der Waals surface area (Å²) in [5, 5.41) is 11.2. The van der Waals surface area contributed by atoms with E-state index in [9.17, 15) is 14.4 Å². The number of carbonyl (C=O) groups is 3. The van der Waals surface area contributed by atoms with Crippen molar-refractivity contribution in [2.45, 2.75) is 12.6 Å². The van der Waals surface area contributed by atoms with Gasteiger partial charge in [0.15, 0.2) is 0 Å². The van der Waals surface area contributed by atoms with Crippen molar-refractivity contribution in [1.29, 1.82) is 0 Å². The van der Waals surface area contributed by atoms with Crippen LogP contribution in [0.2, 0.25) is 0 Å². The summed E-state index contributed by atoms with van der Waals surface area (Å²) in [4.78, 5) is 36.8. The van der Waals surface area contributed by atoms with Crippen molar-refractivity contribution in [3.05, 3.63) is 102 Å². The van der Waals surface area contributed by atoms with Gasteiger partial charge in [-0.3, -0.25) is 14.4 Å². The summed E-state index contributed by atoms with van der Waals surface area (Å²) < 4.78 is 0. The van der Waals surface area contributed by atoms with Crippen LogP contribution in [-0.4, -0.2) is 31.3 Å². The van der Waals surface area contributed by atoms with Gasteiger partial charge in [-0.2, -0.15) is 0 Å². The van der Waals surface area contributed by atoms with Crippen LogP contribution >= 0.6 is 0 Å². The Morgan fingerprint density at radius 3 is 2.19 bits per heavy atom. The highest BCUT2D eigenvalue weighted by Crippen LogP contribution is 2.21. The molecule has 4 N–H and O–H groups in total. The van der Waals surface area contributed by atoms with Crippen LogP contribution in [0.15, 0.2) is 84.9 Å². The number of carbonyl (C=O) groups excluding carboxylic acids is 3. The van der Waals surface area contributed by atoms with Crippen LogP contribution in [0.1, 0.15) is 27.5 Å². The predicted molar refractivity (Wildman–Crippen MR) is 124 cm³/mol. The Bertz CT molecular complexity index is 1060. The lowest BCUT2D eigenvalue weighted by molar-refractivity contribution is -0.122. The first-order valence-electron chi connectivity index (χ1n) is 10.3. The maximum absolute atomic E-state index is 13.1. The summed E-state index contributed by atoms with van der Waals surface area (Å²) in [6, 6.07) is 25.2. The number of anilines is 1. The standard InChI is InChI=1S/C25H26N4O3/c1-26-22(30)17-28-24(31)20-13-8-14-21(15-20)29-23(19-11-6-3-7-12-19)25(32)27-16-18-9-4-2-5-10-18/h2-15,23,29H,16-17H2,1H3,(H,26,30)(H,27,32)(H,28,31). The second-order valence-corrected chi connectivity index (χ2v) is 7.13. The van der Waals surface area contributed by atoms with Gasteiger partial charge in [0, 0.05) is 24.8 Å². The minimum atomic E-state index is -0.649. The van der Waals surface area contributed by atoms with Crippen LogP contribution < -0.4 is 21.3 Å². The molecule has 0 aliphatic heterocycles. The maximum Gasteiger partial charge on any atom is 0.251 e. The lowest BCUT2D eigenvalue weighted by atomic mass is 10.0. The molecule has 7 nitrogen and oxygen atoms in total. The van der Waals surface area contributed by atoms with Crippen molar-refractivity contribution in [2.75, 3.05) is 18.9 Å². The summed E-state index contributed by atoms with van der Waals surface area (Å²) >= 11 is 0. The van der Waals surface area contributed by atoms with Gasteiger partial charge in [0.1, 0.15) is 6.04 Å². The van der Waals surface area contributed by atoms with Gasteiger partial charge in [-0.15, -0.1) is 0 Å². The van der Waals surface area contributed by atoms with E-state index < -0.39 is 6.04 Å². The molecule has 1 unspecified atom stereocenters. The van der Waals surface area contributed by atoms with Crippen molar-refractivity contribution in [1.82, 2.24) is 16.0 Å². The molecule has 0 bridgehead atoms. The first-order chi connectivity index (χ1) is 15.6. The predicted octanol–water partition coefficient (Wildman–Crippen LogP) is 2.63. The number of nitrogens with one attached hydrogen (secondary N) is 4. The fourth-order valence-corrected chi connectivity index (χ4v) is 3.10. The molecular weight excluding hydrogens is 404 g/mol. The third kappa shape index (κ3) is 6.43. The summed E-state index contributed by atoms with van der Waals surface area (Å²) in [5.74, 6) is -0.844. The van der Waals surface area contributed by atoms with Crippen LogP contribution in [0.25, 0.3) is 0 Å². The zero-order valence-corrected chi connectivity index (χ0v) is 17.8. The van der Waals surface area contributed by atoms with Crippen LogP contribution in [0.3, 0.4) is 0 Å². The second-order valence-electron chi connectivity index (χ2n) is 7.13. The molecule has 0 radical (unpaired) electrons. The van der Waals surface area contributed by atoms with Crippen molar-refractivity contribution < 1.29 is 14.4 Å². The van der Waals surface area contributed by atoms with Crippen molar-refractivity contribution in [3.8, 4) is 0 Å². The molecule has 0 aromatic heterocycles. The first-order valence-corrected chi connectivity index (χ1v) is 10.3. The van der Waals surface area contributed by atoms with Gasteiger partial charge < -0.3 is 21.3 Å². The highest BCUT2D eigenvalue weighted by molar-refractivity contribution is 5.97. The lowest BCUT2D eigenvalue weighted by Crippen LogP contribution is -2.35. The average molecular weight is 431 g/mol. The van der Waals surface area contributed by atoms with Gasteiger partial charge >= 0.3 is 0 Å². The summed E-state index contributed by atoms with van der Waals surface area (Å²) in [6.07, 6.45) is 0. The highest BCUT2D eigenvalue weighted by Gasteiger charge is 2.20. The van der Waals surface area contributed by atoms with Gasteiger partial charge in [-0.1, -0.05) is 66.7 Å². The van der Waals surface area contributed by atoms with E-state index in [0.29, 0.717) is 17.8 Å². The van der Waals surface area contributed by atoms with Crippen LogP contribution in [-0.2, 0) is 16.1 Å². The number of hydrogen-bond donors (Lipinski definition) is 4. The minimum Gasteiger partial charge on any atom is -0.370 e.